The van der Waals surface area contributed by atoms with E-state index in [-0.39, 0.29) is 19.9 Å². The van der Waals surface area contributed by atoms with Gasteiger partial charge in [-0.3, -0.25) is 0 Å². The van der Waals surface area contributed by atoms with Gasteiger partial charge < -0.3 is 14.6 Å². The van der Waals surface area contributed by atoms with Gasteiger partial charge >= 0.3 is 0 Å². The Kier molecular flexibility index (Phi) is 2.68. The number of anilines is 1. The fraction of sp³-hybridized carbons (Fsp3) is 0.333. The van der Waals surface area contributed by atoms with Gasteiger partial charge in [0.25, 0.3) is 0 Å². The van der Waals surface area contributed by atoms with Gasteiger partial charge in [0.05, 0.1) is 24.1 Å². The largest absolute Gasteiger partial charge is 0.454 e. The molecule has 1 aliphatic rings. The average molecular weight is 210 g/mol. The molecule has 6 nitrogen and oxygen atoms in total. The highest BCUT2D eigenvalue weighted by atomic mass is 16.7. The molecule has 6 heteroatoms. The second-order valence-corrected chi connectivity index (χ2v) is 2.97. The molecule has 1 N–H and O–H groups in total. The van der Waals surface area contributed by atoms with Crippen LogP contribution in [0.1, 0.15) is 0 Å². The van der Waals surface area contributed by atoms with E-state index in [2.05, 4.69) is 5.29 Å². The first-order valence-electron chi connectivity index (χ1n) is 4.46. The van der Waals surface area contributed by atoms with Gasteiger partial charge in [-0.15, -0.1) is 4.91 Å². The Hall–Kier alpha value is -1.82. The molecule has 0 bridgehead atoms. The predicted octanol–water partition coefficient (Wildman–Crippen LogP) is 0.895. The lowest BCUT2D eigenvalue weighted by molar-refractivity contribution is 0.174. The van der Waals surface area contributed by atoms with Gasteiger partial charge in [-0.1, -0.05) is 0 Å². The number of aliphatic hydroxyl groups is 1. The van der Waals surface area contributed by atoms with E-state index >= 15 is 0 Å². The van der Waals surface area contributed by atoms with Crippen LogP contribution >= 0.6 is 0 Å². The van der Waals surface area contributed by atoms with Crippen molar-refractivity contribution in [1.82, 2.24) is 0 Å². The number of hydrogen-bond acceptors (Lipinski definition) is 5. The molecule has 1 aliphatic heterocycles. The van der Waals surface area contributed by atoms with E-state index in [4.69, 9.17) is 14.6 Å². The zero-order valence-electron chi connectivity index (χ0n) is 7.92. The summed E-state index contributed by atoms with van der Waals surface area (Å²) in [5.41, 5.74) is 0.573. The molecule has 1 aromatic rings. The van der Waals surface area contributed by atoms with E-state index in [0.717, 1.165) is 5.01 Å². The number of rotatable bonds is 4. The second kappa shape index (κ2) is 4.14. The smallest absolute Gasteiger partial charge is 0.231 e. The van der Waals surface area contributed by atoms with Gasteiger partial charge in [-0.05, 0) is 12.1 Å². The number of hydrogen-bond donors (Lipinski definition) is 1. The van der Waals surface area contributed by atoms with Crippen molar-refractivity contribution in [1.29, 1.82) is 0 Å². The molecular weight excluding hydrogens is 200 g/mol. The molecule has 0 saturated heterocycles. The summed E-state index contributed by atoms with van der Waals surface area (Å²) in [5, 5.41) is 12.7. The highest BCUT2D eigenvalue weighted by Crippen LogP contribution is 2.35. The Labute approximate surface area is 86.0 Å². The number of benzene rings is 1. The molecule has 1 aromatic carbocycles. The fourth-order valence-corrected chi connectivity index (χ4v) is 1.36. The van der Waals surface area contributed by atoms with Crippen LogP contribution in [-0.4, -0.2) is 25.1 Å². The lowest BCUT2D eigenvalue weighted by Crippen LogP contribution is -2.19. The molecule has 0 amide bonds. The molecule has 80 valence electrons. The third-order valence-electron chi connectivity index (χ3n) is 2.06. The van der Waals surface area contributed by atoms with Crippen LogP contribution in [0.5, 0.6) is 11.5 Å². The summed E-state index contributed by atoms with van der Waals surface area (Å²) in [5.74, 6) is 1.23. The van der Waals surface area contributed by atoms with Gasteiger partial charge in [-0.25, -0.2) is 5.01 Å². The van der Waals surface area contributed by atoms with Crippen LogP contribution < -0.4 is 14.5 Å². The summed E-state index contributed by atoms with van der Waals surface area (Å²) >= 11 is 0. The molecule has 0 atom stereocenters. The van der Waals surface area contributed by atoms with Crippen LogP contribution in [0.4, 0.5) is 5.69 Å². The van der Waals surface area contributed by atoms with Gasteiger partial charge in [0.1, 0.15) is 0 Å². The van der Waals surface area contributed by atoms with Crippen molar-refractivity contribution in [2.45, 2.75) is 0 Å². The number of nitroso groups, excluding NO2 is 1. The third-order valence-corrected chi connectivity index (χ3v) is 2.06. The van der Waals surface area contributed by atoms with E-state index in [0.29, 0.717) is 17.2 Å². The van der Waals surface area contributed by atoms with Crippen LogP contribution in [0.3, 0.4) is 0 Å². The van der Waals surface area contributed by atoms with Gasteiger partial charge in [0.15, 0.2) is 11.5 Å². The third kappa shape index (κ3) is 1.84. The van der Waals surface area contributed by atoms with E-state index in [1.54, 1.807) is 18.2 Å². The molecular formula is C9H10N2O4. The zero-order chi connectivity index (χ0) is 10.7. The van der Waals surface area contributed by atoms with Crippen molar-refractivity contribution < 1.29 is 14.6 Å². The van der Waals surface area contributed by atoms with Crippen LogP contribution in [0, 0.1) is 4.91 Å². The van der Waals surface area contributed by atoms with Gasteiger partial charge in [0, 0.05) is 6.07 Å². The fourth-order valence-electron chi connectivity index (χ4n) is 1.36. The van der Waals surface area contributed by atoms with Crippen LogP contribution in [-0.2, 0) is 0 Å². The lowest BCUT2D eigenvalue weighted by Gasteiger charge is -2.13. The summed E-state index contributed by atoms with van der Waals surface area (Å²) < 4.78 is 10.3. The summed E-state index contributed by atoms with van der Waals surface area (Å²) in [6.45, 7) is 0.205. The summed E-state index contributed by atoms with van der Waals surface area (Å²) in [6, 6.07) is 5.04. The summed E-state index contributed by atoms with van der Waals surface area (Å²) in [7, 11) is 0. The lowest BCUT2D eigenvalue weighted by atomic mass is 10.2. The molecule has 0 fully saturated rings. The van der Waals surface area contributed by atoms with E-state index in [1.165, 1.54) is 0 Å². The van der Waals surface area contributed by atoms with Crippen molar-refractivity contribution >= 4 is 5.69 Å². The first kappa shape index (κ1) is 9.72. The standard InChI is InChI=1S/C9H10N2O4/c12-4-3-11(10-13)7-1-2-8-9(5-7)15-6-14-8/h1-2,5,12H,3-4,6H2. The van der Waals surface area contributed by atoms with Crippen molar-refractivity contribution in [3.8, 4) is 11.5 Å². The summed E-state index contributed by atoms with van der Waals surface area (Å²) in [6.07, 6.45) is 0. The average Bonchev–Trinajstić information content (AvgIpc) is 2.72. The molecule has 0 spiro atoms. The molecule has 15 heavy (non-hydrogen) atoms. The van der Waals surface area contributed by atoms with Crippen molar-refractivity contribution in [3.05, 3.63) is 23.1 Å². The Balaban J connectivity index is 2.24. The Morgan fingerprint density at radius 2 is 2.20 bits per heavy atom. The van der Waals surface area contributed by atoms with Crippen molar-refractivity contribution in [2.75, 3.05) is 25.0 Å². The van der Waals surface area contributed by atoms with Crippen molar-refractivity contribution in [2.24, 2.45) is 5.29 Å². The van der Waals surface area contributed by atoms with E-state index in [1.807, 2.05) is 0 Å². The first-order valence-corrected chi connectivity index (χ1v) is 4.46. The number of fused-ring (bicyclic) bond motifs is 1. The van der Waals surface area contributed by atoms with E-state index in [9.17, 15) is 4.91 Å². The number of nitrogens with zero attached hydrogens (tertiary/aromatic N) is 2. The minimum atomic E-state index is -0.139. The van der Waals surface area contributed by atoms with E-state index < -0.39 is 0 Å². The second-order valence-electron chi connectivity index (χ2n) is 2.97. The maximum atomic E-state index is 10.5. The molecule has 0 saturated carbocycles. The molecule has 0 unspecified atom stereocenters. The Bertz CT molecular complexity index is 369. The highest BCUT2D eigenvalue weighted by Gasteiger charge is 2.15. The zero-order valence-corrected chi connectivity index (χ0v) is 7.92. The van der Waals surface area contributed by atoms with Gasteiger partial charge in [-0.2, -0.15) is 0 Å². The first-order chi connectivity index (χ1) is 7.35. The number of aliphatic hydroxyl groups excluding tert-OH is 1. The molecule has 0 aliphatic carbocycles. The predicted molar refractivity (Wildman–Crippen MR) is 52.8 cm³/mol. The van der Waals surface area contributed by atoms with Crippen LogP contribution in [0.15, 0.2) is 23.5 Å². The molecule has 0 radical (unpaired) electrons. The number of ether oxygens (including phenoxy) is 2. The van der Waals surface area contributed by atoms with Crippen LogP contribution in [0.2, 0.25) is 0 Å². The normalized spacial score (nSPS) is 12.6. The van der Waals surface area contributed by atoms with Crippen LogP contribution in [0.25, 0.3) is 0 Å². The molecule has 2 rings (SSSR count). The molecule has 0 aromatic heterocycles. The minimum Gasteiger partial charge on any atom is -0.454 e. The Morgan fingerprint density at radius 1 is 1.40 bits per heavy atom. The van der Waals surface area contributed by atoms with Crippen molar-refractivity contribution in [3.63, 3.8) is 0 Å². The summed E-state index contributed by atoms with van der Waals surface area (Å²) in [4.78, 5) is 10.5. The molecule has 1 heterocycles. The maximum Gasteiger partial charge on any atom is 0.231 e. The topological polar surface area (TPSA) is 71.4 Å². The quantitative estimate of drug-likeness (QED) is 0.590. The highest BCUT2D eigenvalue weighted by molar-refractivity contribution is 5.56. The Morgan fingerprint density at radius 3 is 2.93 bits per heavy atom. The SMILES string of the molecule is O=NN(CCO)c1ccc2c(c1)OCO2. The maximum absolute atomic E-state index is 10.5. The monoisotopic (exact) mass is 210 g/mol. The minimum absolute atomic E-state index is 0.139. The van der Waals surface area contributed by atoms with Gasteiger partial charge in [0.2, 0.25) is 6.79 Å².